The van der Waals surface area contributed by atoms with Gasteiger partial charge >= 0.3 is 0 Å². The number of thiol groups is 2. The summed E-state index contributed by atoms with van der Waals surface area (Å²) in [4.78, 5) is 1.07. The van der Waals surface area contributed by atoms with Gasteiger partial charge in [-0.25, -0.2) is 0 Å². The highest BCUT2D eigenvalue weighted by Gasteiger charge is 1.81. The first kappa shape index (κ1) is 13.1. The summed E-state index contributed by atoms with van der Waals surface area (Å²) in [6, 6.07) is 0. The van der Waals surface area contributed by atoms with Crippen LogP contribution in [-0.2, 0) is 0 Å². The van der Waals surface area contributed by atoms with Crippen molar-refractivity contribution in [3.63, 3.8) is 0 Å². The molecule has 0 heterocycles. The summed E-state index contributed by atoms with van der Waals surface area (Å²) in [5, 5.41) is 0.579. The average Bonchev–Trinajstić information content (AvgIpc) is 1.89. The van der Waals surface area contributed by atoms with E-state index < -0.39 is 0 Å². The Kier molecular flexibility index (Phi) is 12.3. The van der Waals surface area contributed by atoms with Crippen molar-refractivity contribution in [3.05, 3.63) is 11.0 Å². The van der Waals surface area contributed by atoms with E-state index in [-0.39, 0.29) is 0 Å². The van der Waals surface area contributed by atoms with Gasteiger partial charge in [0.05, 0.1) is 0 Å². The fourth-order valence-corrected chi connectivity index (χ4v) is 0. The number of hydrogen-bond acceptors (Lipinski definition) is 2. The van der Waals surface area contributed by atoms with Crippen LogP contribution in [0.4, 0.5) is 0 Å². The van der Waals surface area contributed by atoms with E-state index in [0.717, 1.165) is 4.91 Å². The molecule has 0 bridgehead atoms. The van der Waals surface area contributed by atoms with Crippen molar-refractivity contribution < 1.29 is 0 Å². The molecule has 2 heteroatoms. The molecule has 0 amide bonds. The molecule has 0 aromatic heterocycles. The largest absolute Gasteiger partial charge is 0.176 e. The van der Waals surface area contributed by atoms with Gasteiger partial charge in [-0.3, -0.25) is 0 Å². The van der Waals surface area contributed by atoms with Gasteiger partial charge in [-0.1, -0.05) is 19.9 Å². The third kappa shape index (κ3) is 23.7. The maximum atomic E-state index is 4.10. The summed E-state index contributed by atoms with van der Waals surface area (Å²) in [5.41, 5.74) is 0. The summed E-state index contributed by atoms with van der Waals surface area (Å²) in [6.45, 7) is 8.12. The molecule has 0 aliphatic rings. The first-order valence-corrected chi connectivity index (χ1v) is 4.50. The van der Waals surface area contributed by atoms with Gasteiger partial charge in [0.1, 0.15) is 0 Å². The van der Waals surface area contributed by atoms with Gasteiger partial charge in [0.25, 0.3) is 0 Å². The van der Waals surface area contributed by atoms with Crippen molar-refractivity contribution in [1.29, 1.82) is 0 Å². The summed E-state index contributed by atoms with van der Waals surface area (Å²) < 4.78 is 0. The van der Waals surface area contributed by atoms with Gasteiger partial charge < -0.3 is 0 Å². The molecular formula is C8H18S2. The third-order valence-electron chi connectivity index (χ3n) is 1.01. The molecule has 0 aliphatic carbocycles. The van der Waals surface area contributed by atoms with Crippen LogP contribution < -0.4 is 0 Å². The van der Waals surface area contributed by atoms with Crippen molar-refractivity contribution in [2.24, 2.45) is 0 Å². The molecule has 0 aromatic carbocycles. The Bertz CT molecular complexity index is 81.3. The molecule has 1 atom stereocenters. The van der Waals surface area contributed by atoms with Crippen LogP contribution in [0, 0.1) is 0 Å². The van der Waals surface area contributed by atoms with E-state index in [1.54, 1.807) is 0 Å². The van der Waals surface area contributed by atoms with E-state index in [0.29, 0.717) is 5.25 Å². The Labute approximate surface area is 75.9 Å². The van der Waals surface area contributed by atoms with Crippen molar-refractivity contribution in [1.82, 2.24) is 0 Å². The average molecular weight is 178 g/mol. The predicted molar refractivity (Wildman–Crippen MR) is 57.2 cm³/mol. The third-order valence-corrected chi connectivity index (χ3v) is 1.63. The topological polar surface area (TPSA) is 0 Å². The van der Waals surface area contributed by atoms with Crippen LogP contribution in [0.5, 0.6) is 0 Å². The lowest BCUT2D eigenvalue weighted by molar-refractivity contribution is 0.913. The second-order valence-corrected chi connectivity index (χ2v) is 3.77. The van der Waals surface area contributed by atoms with Gasteiger partial charge in [0.2, 0.25) is 0 Å². The Morgan fingerprint density at radius 1 is 1.60 bits per heavy atom. The Balaban J connectivity index is 0. The standard InChI is InChI=1S/C4H10S.C4H8S/c2*1-3-4(2)5/h4-5H,3H2,1-2H3;3,5H,1-2H3. The fraction of sp³-hybridized carbons (Fsp3) is 0.750. The molecule has 0 radical (unpaired) electrons. The molecule has 0 saturated heterocycles. The zero-order valence-corrected chi connectivity index (χ0v) is 9.05. The zero-order chi connectivity index (χ0) is 8.57. The van der Waals surface area contributed by atoms with Gasteiger partial charge in [0, 0.05) is 0 Å². The quantitative estimate of drug-likeness (QED) is 0.564. The minimum absolute atomic E-state index is 0.579. The van der Waals surface area contributed by atoms with E-state index in [9.17, 15) is 0 Å². The SMILES string of the molecule is CC=C(C)S.CCC(C)S. The van der Waals surface area contributed by atoms with Gasteiger partial charge in [-0.05, 0) is 30.4 Å². The summed E-state index contributed by atoms with van der Waals surface area (Å²) in [5.74, 6) is 0. The molecule has 0 spiro atoms. The van der Waals surface area contributed by atoms with Crippen LogP contribution in [0.1, 0.15) is 34.1 Å². The van der Waals surface area contributed by atoms with Crippen LogP contribution in [0.3, 0.4) is 0 Å². The van der Waals surface area contributed by atoms with Crippen LogP contribution in [-0.4, -0.2) is 5.25 Å². The van der Waals surface area contributed by atoms with E-state index in [1.807, 2.05) is 19.9 Å². The number of hydrogen-bond donors (Lipinski definition) is 2. The molecule has 0 saturated carbocycles. The molecule has 0 N–H and O–H groups in total. The summed E-state index contributed by atoms with van der Waals surface area (Å²) in [6.07, 6.45) is 3.12. The maximum Gasteiger partial charge on any atom is -0.00142 e. The highest BCUT2D eigenvalue weighted by Crippen LogP contribution is 1.94. The normalized spacial score (nSPS) is 13.6. The van der Waals surface area contributed by atoms with Gasteiger partial charge in [0.15, 0.2) is 0 Å². The van der Waals surface area contributed by atoms with Crippen LogP contribution in [0.2, 0.25) is 0 Å². The smallest absolute Gasteiger partial charge is 0.00142 e. The molecule has 10 heavy (non-hydrogen) atoms. The van der Waals surface area contributed by atoms with Crippen molar-refractivity contribution >= 4 is 25.3 Å². The molecule has 62 valence electrons. The number of allylic oxidation sites excluding steroid dienone is 2. The van der Waals surface area contributed by atoms with Gasteiger partial charge in [-0.15, -0.1) is 12.6 Å². The lowest BCUT2D eigenvalue weighted by Gasteiger charge is -1.89. The summed E-state index contributed by atoms with van der Waals surface area (Å²) >= 11 is 8.06. The molecule has 1 unspecified atom stereocenters. The molecule has 0 nitrogen and oxygen atoms in total. The van der Waals surface area contributed by atoms with Crippen LogP contribution in [0.15, 0.2) is 11.0 Å². The van der Waals surface area contributed by atoms with Crippen LogP contribution >= 0.6 is 25.3 Å². The highest BCUT2D eigenvalue weighted by molar-refractivity contribution is 7.84. The van der Waals surface area contributed by atoms with Crippen LogP contribution in [0.25, 0.3) is 0 Å². The lowest BCUT2D eigenvalue weighted by atomic mass is 10.4. The first-order valence-electron chi connectivity index (χ1n) is 3.54. The fourth-order valence-electron chi connectivity index (χ4n) is 0. The molecule has 0 rings (SSSR count). The zero-order valence-electron chi connectivity index (χ0n) is 7.26. The Hall–Kier alpha value is 0.440. The van der Waals surface area contributed by atoms with Crippen molar-refractivity contribution in [2.45, 2.75) is 39.4 Å². The Morgan fingerprint density at radius 3 is 1.80 bits per heavy atom. The molecule has 0 aliphatic heterocycles. The van der Waals surface area contributed by atoms with E-state index >= 15 is 0 Å². The van der Waals surface area contributed by atoms with E-state index in [1.165, 1.54) is 6.42 Å². The monoisotopic (exact) mass is 178 g/mol. The predicted octanol–water partition coefficient (Wildman–Crippen LogP) is 3.55. The molecule has 0 aromatic rings. The molecule has 0 fully saturated rings. The summed E-state index contributed by atoms with van der Waals surface area (Å²) in [7, 11) is 0. The lowest BCUT2D eigenvalue weighted by Crippen LogP contribution is -1.81. The second-order valence-electron chi connectivity index (χ2n) is 2.19. The minimum Gasteiger partial charge on any atom is -0.176 e. The van der Waals surface area contributed by atoms with Gasteiger partial charge in [-0.2, -0.15) is 12.6 Å². The molecular weight excluding hydrogens is 160 g/mol. The second kappa shape index (κ2) is 9.44. The first-order chi connectivity index (χ1) is 4.54. The van der Waals surface area contributed by atoms with E-state index in [2.05, 4.69) is 39.1 Å². The highest BCUT2D eigenvalue weighted by atomic mass is 32.1. The van der Waals surface area contributed by atoms with Crippen molar-refractivity contribution in [3.8, 4) is 0 Å². The van der Waals surface area contributed by atoms with Crippen molar-refractivity contribution in [2.75, 3.05) is 0 Å². The number of rotatable bonds is 1. The maximum absolute atomic E-state index is 4.10. The van der Waals surface area contributed by atoms with E-state index in [4.69, 9.17) is 0 Å². The Morgan fingerprint density at radius 2 is 1.80 bits per heavy atom. The minimum atomic E-state index is 0.579.